The van der Waals surface area contributed by atoms with Crippen molar-refractivity contribution in [1.82, 2.24) is 9.21 Å². The Morgan fingerprint density at radius 1 is 1.10 bits per heavy atom. The number of rotatable bonds is 6. The predicted molar refractivity (Wildman–Crippen MR) is 113 cm³/mol. The van der Waals surface area contributed by atoms with Crippen molar-refractivity contribution < 1.29 is 22.0 Å². The Morgan fingerprint density at radius 3 is 2.30 bits per heavy atom. The van der Waals surface area contributed by atoms with E-state index in [9.17, 15) is 22.0 Å². The van der Waals surface area contributed by atoms with Gasteiger partial charge in [-0.1, -0.05) is 12.1 Å². The Hall–Kier alpha value is -1.97. The lowest BCUT2D eigenvalue weighted by Crippen LogP contribution is -2.43. The van der Waals surface area contributed by atoms with Crippen molar-refractivity contribution in [2.45, 2.75) is 29.2 Å². The van der Waals surface area contributed by atoms with E-state index < -0.39 is 21.7 Å². The number of halogens is 2. The van der Waals surface area contributed by atoms with Gasteiger partial charge in [-0.15, -0.1) is 11.8 Å². The van der Waals surface area contributed by atoms with Crippen LogP contribution in [-0.4, -0.2) is 49.9 Å². The molecule has 1 heterocycles. The largest absolute Gasteiger partial charge is 0.341 e. The summed E-state index contributed by atoms with van der Waals surface area (Å²) < 4.78 is 53.2. The van der Waals surface area contributed by atoms with E-state index in [2.05, 4.69) is 0 Å². The molecule has 3 rings (SSSR count). The second-order valence-corrected chi connectivity index (χ2v) is 10.1. The Balaban J connectivity index is 1.59. The highest BCUT2D eigenvalue weighted by atomic mass is 32.2. The van der Waals surface area contributed by atoms with Gasteiger partial charge in [-0.3, -0.25) is 4.79 Å². The third-order valence-corrected chi connectivity index (χ3v) is 7.93. The van der Waals surface area contributed by atoms with Crippen molar-refractivity contribution in [3.63, 3.8) is 0 Å². The number of hydrogen-bond donors (Lipinski definition) is 0. The van der Waals surface area contributed by atoms with E-state index in [0.717, 1.165) is 22.6 Å². The number of hydrogen-bond acceptors (Lipinski definition) is 4. The highest BCUT2D eigenvalue weighted by molar-refractivity contribution is 7.98. The molecule has 0 aromatic heterocycles. The monoisotopic (exact) mass is 454 g/mol. The zero-order chi connectivity index (χ0) is 21.9. The Bertz CT molecular complexity index is 1010. The van der Waals surface area contributed by atoms with Crippen LogP contribution in [0.2, 0.25) is 0 Å². The van der Waals surface area contributed by atoms with E-state index in [4.69, 9.17) is 0 Å². The molecule has 0 spiro atoms. The minimum atomic E-state index is -3.93. The smallest absolute Gasteiger partial charge is 0.243 e. The van der Waals surface area contributed by atoms with Gasteiger partial charge in [-0.25, -0.2) is 17.2 Å². The van der Waals surface area contributed by atoms with Gasteiger partial charge in [0.2, 0.25) is 15.9 Å². The zero-order valence-electron chi connectivity index (χ0n) is 16.8. The fourth-order valence-corrected chi connectivity index (χ4v) is 5.41. The number of piperidine rings is 1. The van der Waals surface area contributed by atoms with Gasteiger partial charge in [0, 0.05) is 37.5 Å². The molecule has 2 aromatic rings. The van der Waals surface area contributed by atoms with Crippen LogP contribution in [0.25, 0.3) is 0 Å². The third kappa shape index (κ3) is 5.01. The van der Waals surface area contributed by atoms with Gasteiger partial charge in [0.25, 0.3) is 0 Å². The molecule has 30 heavy (non-hydrogen) atoms. The minimum absolute atomic E-state index is 0.0196. The molecule has 0 atom stereocenters. The normalized spacial score (nSPS) is 15.9. The van der Waals surface area contributed by atoms with Gasteiger partial charge >= 0.3 is 0 Å². The number of amides is 1. The van der Waals surface area contributed by atoms with Crippen molar-refractivity contribution in [2.24, 2.45) is 5.92 Å². The van der Waals surface area contributed by atoms with Crippen molar-refractivity contribution in [3.05, 3.63) is 59.7 Å². The summed E-state index contributed by atoms with van der Waals surface area (Å²) in [6.45, 7) is 0.808. The van der Waals surface area contributed by atoms with Gasteiger partial charge < -0.3 is 4.90 Å². The molecule has 0 N–H and O–H groups in total. The van der Waals surface area contributed by atoms with Crippen LogP contribution in [0, 0.1) is 17.6 Å². The highest BCUT2D eigenvalue weighted by Crippen LogP contribution is 2.26. The van der Waals surface area contributed by atoms with Crippen LogP contribution < -0.4 is 0 Å². The van der Waals surface area contributed by atoms with Crippen LogP contribution in [0.5, 0.6) is 0 Å². The fraction of sp³-hybridized carbons (Fsp3) is 0.381. The second-order valence-electron chi connectivity index (χ2n) is 7.30. The molecule has 0 bridgehead atoms. The predicted octanol–water partition coefficient (Wildman–Crippen LogP) is 3.75. The second kappa shape index (κ2) is 9.45. The van der Waals surface area contributed by atoms with Crippen LogP contribution in [0.4, 0.5) is 8.78 Å². The van der Waals surface area contributed by atoms with Gasteiger partial charge in [0.05, 0.1) is 4.90 Å². The molecule has 9 heteroatoms. The average molecular weight is 455 g/mol. The summed E-state index contributed by atoms with van der Waals surface area (Å²) in [5.74, 6) is -2.58. The third-order valence-electron chi connectivity index (χ3n) is 5.29. The van der Waals surface area contributed by atoms with E-state index in [0.29, 0.717) is 25.5 Å². The lowest BCUT2D eigenvalue weighted by Gasteiger charge is -2.32. The maximum atomic E-state index is 13.4. The molecule has 1 aliphatic heterocycles. The molecular formula is C21H24F2N2O3S2. The van der Waals surface area contributed by atoms with Crippen molar-refractivity contribution >= 4 is 27.7 Å². The summed E-state index contributed by atoms with van der Waals surface area (Å²) in [5, 5.41) is 0. The number of benzene rings is 2. The van der Waals surface area contributed by atoms with E-state index in [1.54, 1.807) is 23.7 Å². The summed E-state index contributed by atoms with van der Waals surface area (Å²) in [7, 11) is -2.18. The number of thioether (sulfide) groups is 1. The molecule has 0 unspecified atom stereocenters. The SMILES string of the molecule is CSc1ccc(CN(C)C(=O)C2CCN(S(=O)(=O)c3ccc(F)c(F)c3)CC2)cc1. The van der Waals surface area contributed by atoms with Crippen molar-refractivity contribution in [1.29, 1.82) is 0 Å². The first kappa shape index (κ1) is 22.7. The molecule has 1 fully saturated rings. The molecule has 162 valence electrons. The van der Waals surface area contributed by atoms with E-state index in [1.165, 1.54) is 4.31 Å². The van der Waals surface area contributed by atoms with Crippen LogP contribution >= 0.6 is 11.8 Å². The Morgan fingerprint density at radius 2 is 1.73 bits per heavy atom. The Labute approximate surface area is 180 Å². The number of nitrogens with zero attached hydrogens (tertiary/aromatic N) is 2. The maximum absolute atomic E-state index is 13.4. The first-order valence-electron chi connectivity index (χ1n) is 9.55. The van der Waals surface area contributed by atoms with Gasteiger partial charge in [-0.2, -0.15) is 4.31 Å². The van der Waals surface area contributed by atoms with Crippen LogP contribution in [0.15, 0.2) is 52.3 Å². The maximum Gasteiger partial charge on any atom is 0.243 e. The van der Waals surface area contributed by atoms with E-state index in [1.807, 2.05) is 30.5 Å². The first-order chi connectivity index (χ1) is 14.2. The van der Waals surface area contributed by atoms with E-state index >= 15 is 0 Å². The molecular weight excluding hydrogens is 430 g/mol. The van der Waals surface area contributed by atoms with Crippen molar-refractivity contribution in [2.75, 3.05) is 26.4 Å². The molecule has 1 aliphatic rings. The lowest BCUT2D eigenvalue weighted by molar-refractivity contribution is -0.135. The highest BCUT2D eigenvalue weighted by Gasteiger charge is 2.33. The van der Waals surface area contributed by atoms with Gasteiger partial charge in [-0.05, 0) is 55.0 Å². The molecule has 0 radical (unpaired) electrons. The molecule has 2 aromatic carbocycles. The van der Waals surface area contributed by atoms with Gasteiger partial charge in [0.15, 0.2) is 11.6 Å². The molecule has 0 saturated carbocycles. The standard InChI is InChI=1S/C21H24F2N2O3S2/c1-24(14-15-3-5-17(29-2)6-4-15)21(26)16-9-11-25(12-10-16)30(27,28)18-7-8-19(22)20(23)13-18/h3-8,13,16H,9-12,14H2,1-2H3. The number of sulfonamides is 1. The quantitative estimate of drug-likeness (QED) is 0.624. The van der Waals surface area contributed by atoms with Crippen molar-refractivity contribution in [3.8, 4) is 0 Å². The van der Waals surface area contributed by atoms with Gasteiger partial charge in [0.1, 0.15) is 0 Å². The lowest BCUT2D eigenvalue weighted by atomic mass is 9.96. The van der Waals surface area contributed by atoms with Crippen LogP contribution in [0.1, 0.15) is 18.4 Å². The molecule has 5 nitrogen and oxygen atoms in total. The number of carbonyl (C=O) groups is 1. The van der Waals surface area contributed by atoms with E-state index in [-0.39, 0.29) is 29.8 Å². The van der Waals surface area contributed by atoms with Crippen LogP contribution in [-0.2, 0) is 21.4 Å². The topological polar surface area (TPSA) is 57.7 Å². The number of carbonyl (C=O) groups excluding carboxylic acids is 1. The average Bonchev–Trinajstić information content (AvgIpc) is 2.75. The summed E-state index contributed by atoms with van der Waals surface area (Å²) in [6.07, 6.45) is 2.78. The summed E-state index contributed by atoms with van der Waals surface area (Å²) in [6, 6.07) is 10.6. The first-order valence-corrected chi connectivity index (χ1v) is 12.2. The van der Waals surface area contributed by atoms with Crippen LogP contribution in [0.3, 0.4) is 0 Å². The molecule has 1 amide bonds. The summed E-state index contributed by atoms with van der Waals surface area (Å²) >= 11 is 1.65. The summed E-state index contributed by atoms with van der Waals surface area (Å²) in [4.78, 5) is 15.3. The summed E-state index contributed by atoms with van der Waals surface area (Å²) in [5.41, 5.74) is 1.03. The Kier molecular flexibility index (Phi) is 7.15. The molecule has 0 aliphatic carbocycles. The molecule has 1 saturated heterocycles. The zero-order valence-corrected chi connectivity index (χ0v) is 18.5. The minimum Gasteiger partial charge on any atom is -0.341 e. The fourth-order valence-electron chi connectivity index (χ4n) is 3.52.